The van der Waals surface area contributed by atoms with Gasteiger partial charge >= 0.3 is 0 Å². The molecule has 0 bridgehead atoms. The Kier molecular flexibility index (Phi) is 3.83. The Morgan fingerprint density at radius 2 is 1.79 bits per heavy atom. The van der Waals surface area contributed by atoms with Crippen LogP contribution in [0.2, 0.25) is 0 Å². The van der Waals surface area contributed by atoms with Gasteiger partial charge in [0.15, 0.2) is 11.6 Å². The minimum Gasteiger partial charge on any atom is -0.314 e. The molecule has 2 fully saturated rings. The normalized spacial score (nSPS) is 27.5. The van der Waals surface area contributed by atoms with E-state index in [-0.39, 0.29) is 0 Å². The summed E-state index contributed by atoms with van der Waals surface area (Å²) in [7, 11) is 0. The fraction of sp³-hybridized carbons (Fsp3) is 0.625. The number of rotatable bonds is 4. The highest BCUT2D eigenvalue weighted by molar-refractivity contribution is 5.23. The molecule has 0 spiro atoms. The summed E-state index contributed by atoms with van der Waals surface area (Å²) < 4.78 is 26.4. The molecule has 2 saturated carbocycles. The number of nitrogens with one attached hydrogen (secondary N) is 1. The summed E-state index contributed by atoms with van der Waals surface area (Å²) in [6.07, 6.45) is 7.34. The first-order chi connectivity index (χ1) is 9.24. The molecule has 2 unspecified atom stereocenters. The van der Waals surface area contributed by atoms with Crippen molar-refractivity contribution in [3.05, 3.63) is 35.4 Å². The summed E-state index contributed by atoms with van der Waals surface area (Å²) >= 11 is 0. The van der Waals surface area contributed by atoms with Crippen molar-refractivity contribution in [1.82, 2.24) is 5.32 Å². The van der Waals surface area contributed by atoms with Crippen LogP contribution in [0.25, 0.3) is 0 Å². The Balaban J connectivity index is 1.72. The molecule has 0 aliphatic heterocycles. The molecule has 3 heteroatoms. The van der Waals surface area contributed by atoms with Crippen LogP contribution in [0.1, 0.15) is 50.0 Å². The second-order valence-corrected chi connectivity index (χ2v) is 6.01. The number of halogens is 2. The Hall–Kier alpha value is -0.960. The van der Waals surface area contributed by atoms with Gasteiger partial charge in [0.1, 0.15) is 0 Å². The molecule has 0 amide bonds. The Morgan fingerprint density at radius 3 is 2.53 bits per heavy atom. The molecular weight excluding hydrogens is 244 g/mol. The second kappa shape index (κ2) is 5.58. The van der Waals surface area contributed by atoms with Crippen LogP contribution in [0.4, 0.5) is 8.78 Å². The first kappa shape index (κ1) is 13.0. The molecular formula is C16H21F2N. The van der Waals surface area contributed by atoms with Crippen LogP contribution in [0.3, 0.4) is 0 Å². The van der Waals surface area contributed by atoms with Crippen molar-refractivity contribution in [3.8, 4) is 0 Å². The van der Waals surface area contributed by atoms with E-state index in [9.17, 15) is 8.78 Å². The van der Waals surface area contributed by atoms with Crippen molar-refractivity contribution < 1.29 is 8.78 Å². The maximum atomic E-state index is 13.4. The first-order valence-electron chi connectivity index (χ1n) is 7.42. The molecule has 0 aromatic heterocycles. The van der Waals surface area contributed by atoms with E-state index in [1.807, 2.05) is 0 Å². The highest BCUT2D eigenvalue weighted by atomic mass is 19.2. The molecule has 0 radical (unpaired) electrons. The van der Waals surface area contributed by atoms with Crippen LogP contribution >= 0.6 is 0 Å². The molecule has 0 saturated heterocycles. The van der Waals surface area contributed by atoms with Gasteiger partial charge in [-0.3, -0.25) is 0 Å². The van der Waals surface area contributed by atoms with Crippen molar-refractivity contribution >= 4 is 0 Å². The fourth-order valence-corrected chi connectivity index (χ4v) is 3.24. The highest BCUT2D eigenvalue weighted by Crippen LogP contribution is 2.38. The second-order valence-electron chi connectivity index (χ2n) is 6.01. The third kappa shape index (κ3) is 3.14. The van der Waals surface area contributed by atoms with Gasteiger partial charge in [-0.05, 0) is 61.8 Å². The lowest BCUT2D eigenvalue weighted by molar-refractivity contribution is 0.294. The van der Waals surface area contributed by atoms with Gasteiger partial charge in [-0.15, -0.1) is 0 Å². The predicted octanol–water partition coefficient (Wildman–Crippen LogP) is 3.99. The first-order valence-corrected chi connectivity index (χ1v) is 7.42. The smallest absolute Gasteiger partial charge is 0.159 e. The van der Waals surface area contributed by atoms with Gasteiger partial charge in [-0.1, -0.05) is 18.9 Å². The quantitative estimate of drug-likeness (QED) is 0.868. The van der Waals surface area contributed by atoms with Crippen molar-refractivity contribution in [2.24, 2.45) is 5.92 Å². The van der Waals surface area contributed by atoms with E-state index in [0.717, 1.165) is 18.5 Å². The zero-order chi connectivity index (χ0) is 13.2. The standard InChI is InChI=1S/C16H21F2N/c17-15-8-5-11(9-16(15)18)14-4-2-1-3-12(14)10-19-13-6-7-13/h5,8-9,12-14,19H,1-4,6-7,10H2. The van der Waals surface area contributed by atoms with Crippen molar-refractivity contribution in [3.63, 3.8) is 0 Å². The van der Waals surface area contributed by atoms with Crippen molar-refractivity contribution in [1.29, 1.82) is 0 Å². The number of benzene rings is 1. The van der Waals surface area contributed by atoms with Gasteiger partial charge in [0.05, 0.1) is 0 Å². The maximum Gasteiger partial charge on any atom is 0.159 e. The van der Waals surface area contributed by atoms with E-state index in [0.29, 0.717) is 17.9 Å². The van der Waals surface area contributed by atoms with Gasteiger partial charge < -0.3 is 5.32 Å². The lowest BCUT2D eigenvalue weighted by atomic mass is 9.75. The van der Waals surface area contributed by atoms with Crippen LogP contribution in [0.15, 0.2) is 18.2 Å². The Bertz CT molecular complexity index is 442. The minimum atomic E-state index is -0.743. The zero-order valence-electron chi connectivity index (χ0n) is 11.2. The van der Waals surface area contributed by atoms with Crippen molar-refractivity contribution in [2.45, 2.75) is 50.5 Å². The van der Waals surface area contributed by atoms with Crippen LogP contribution in [-0.2, 0) is 0 Å². The van der Waals surface area contributed by atoms with Crippen LogP contribution < -0.4 is 5.32 Å². The molecule has 1 aromatic carbocycles. The van der Waals surface area contributed by atoms with E-state index in [1.54, 1.807) is 6.07 Å². The maximum absolute atomic E-state index is 13.4. The molecule has 2 aliphatic rings. The number of hydrogen-bond donors (Lipinski definition) is 1. The fourth-order valence-electron chi connectivity index (χ4n) is 3.24. The Morgan fingerprint density at radius 1 is 1.00 bits per heavy atom. The third-order valence-electron chi connectivity index (χ3n) is 4.53. The minimum absolute atomic E-state index is 0.384. The third-order valence-corrected chi connectivity index (χ3v) is 4.53. The molecule has 3 rings (SSSR count). The predicted molar refractivity (Wildman–Crippen MR) is 72.1 cm³/mol. The van der Waals surface area contributed by atoms with Gasteiger partial charge in [-0.2, -0.15) is 0 Å². The molecule has 1 nitrogen and oxygen atoms in total. The average molecular weight is 265 g/mol. The van der Waals surface area contributed by atoms with E-state index >= 15 is 0 Å². The van der Waals surface area contributed by atoms with Crippen LogP contribution in [0, 0.1) is 17.6 Å². The van der Waals surface area contributed by atoms with E-state index in [1.165, 1.54) is 44.2 Å². The average Bonchev–Trinajstić information content (AvgIpc) is 3.24. The lowest BCUT2D eigenvalue weighted by Gasteiger charge is -2.32. The molecule has 19 heavy (non-hydrogen) atoms. The van der Waals surface area contributed by atoms with Crippen LogP contribution in [-0.4, -0.2) is 12.6 Å². The summed E-state index contributed by atoms with van der Waals surface area (Å²) in [5.74, 6) is -0.501. The lowest BCUT2D eigenvalue weighted by Crippen LogP contribution is -2.30. The summed E-state index contributed by atoms with van der Waals surface area (Å²) in [4.78, 5) is 0. The van der Waals surface area contributed by atoms with Gasteiger partial charge in [0.2, 0.25) is 0 Å². The molecule has 2 aliphatic carbocycles. The number of hydrogen-bond acceptors (Lipinski definition) is 1. The molecule has 1 aromatic rings. The van der Waals surface area contributed by atoms with Crippen molar-refractivity contribution in [2.75, 3.05) is 6.54 Å². The summed E-state index contributed by atoms with van der Waals surface area (Å²) in [5.41, 5.74) is 0.973. The molecule has 104 valence electrons. The molecule has 2 atom stereocenters. The zero-order valence-corrected chi connectivity index (χ0v) is 11.2. The van der Waals surface area contributed by atoms with E-state index < -0.39 is 11.6 Å². The van der Waals surface area contributed by atoms with Gasteiger partial charge in [0, 0.05) is 6.04 Å². The van der Waals surface area contributed by atoms with Gasteiger partial charge in [-0.25, -0.2) is 8.78 Å². The van der Waals surface area contributed by atoms with E-state index in [4.69, 9.17) is 0 Å². The molecule has 0 heterocycles. The van der Waals surface area contributed by atoms with Crippen LogP contribution in [0.5, 0.6) is 0 Å². The summed E-state index contributed by atoms with van der Waals surface area (Å²) in [5, 5.41) is 3.58. The van der Waals surface area contributed by atoms with Gasteiger partial charge in [0.25, 0.3) is 0 Å². The Labute approximate surface area is 113 Å². The topological polar surface area (TPSA) is 12.0 Å². The SMILES string of the molecule is Fc1ccc(C2CCCCC2CNC2CC2)cc1F. The highest BCUT2D eigenvalue weighted by Gasteiger charge is 2.29. The summed E-state index contributed by atoms with van der Waals surface area (Å²) in [6.45, 7) is 1.02. The largest absolute Gasteiger partial charge is 0.314 e. The van der Waals surface area contributed by atoms with E-state index in [2.05, 4.69) is 5.32 Å². The summed E-state index contributed by atoms with van der Waals surface area (Å²) in [6, 6.07) is 5.14. The molecule has 1 N–H and O–H groups in total. The monoisotopic (exact) mass is 265 g/mol.